The predicted octanol–water partition coefficient (Wildman–Crippen LogP) is 3.75. The van der Waals surface area contributed by atoms with Crippen LogP contribution in [0.15, 0.2) is 28.7 Å². The van der Waals surface area contributed by atoms with Crippen LogP contribution in [0.2, 0.25) is 0 Å². The molecule has 0 aliphatic heterocycles. The number of anilines is 2. The number of carbonyl (C=O) groups excluding carboxylic acids is 1. The van der Waals surface area contributed by atoms with Crippen LogP contribution in [0.25, 0.3) is 0 Å². The van der Waals surface area contributed by atoms with Gasteiger partial charge in [0.05, 0.1) is 12.3 Å². The first-order valence-electron chi connectivity index (χ1n) is 6.09. The third-order valence-corrected chi connectivity index (χ3v) is 2.47. The molecular weight excluding hydrogens is 308 g/mol. The number of hydrogen-bond donors (Lipinski definition) is 1. The second-order valence-electron chi connectivity index (χ2n) is 4.02. The van der Waals surface area contributed by atoms with Crippen LogP contribution in [0.3, 0.4) is 0 Å². The smallest absolute Gasteiger partial charge is 0.437 e. The van der Waals surface area contributed by atoms with Gasteiger partial charge in [0.15, 0.2) is 5.69 Å². The topological polar surface area (TPSA) is 64.4 Å². The molecule has 1 N–H and O–H groups in total. The summed E-state index contributed by atoms with van der Waals surface area (Å²) in [5, 5.41) is 2.24. The van der Waals surface area contributed by atoms with E-state index in [0.717, 1.165) is 6.07 Å². The van der Waals surface area contributed by atoms with Crippen molar-refractivity contribution in [2.24, 2.45) is 0 Å². The van der Waals surface area contributed by atoms with E-state index in [0.29, 0.717) is 0 Å². The van der Waals surface area contributed by atoms with E-state index in [1.165, 1.54) is 25.1 Å². The number of nitrogens with one attached hydrogen (secondary N) is 1. The monoisotopic (exact) mass is 318 g/mol. The van der Waals surface area contributed by atoms with E-state index < -0.39 is 35.4 Å². The maximum absolute atomic E-state index is 13.5. The number of ether oxygens (including phenoxy) is 1. The van der Waals surface area contributed by atoms with Gasteiger partial charge in [0.1, 0.15) is 5.82 Å². The minimum absolute atomic E-state index is 0.132. The minimum Gasteiger partial charge on any atom is -0.460 e. The van der Waals surface area contributed by atoms with Crippen LogP contribution in [0.5, 0.6) is 0 Å². The number of carbonyl (C=O) groups is 1. The van der Waals surface area contributed by atoms with Crippen molar-refractivity contribution in [3.8, 4) is 0 Å². The molecule has 0 bridgehead atoms. The van der Waals surface area contributed by atoms with Crippen LogP contribution in [-0.4, -0.2) is 17.6 Å². The summed E-state index contributed by atoms with van der Waals surface area (Å²) >= 11 is 0. The summed E-state index contributed by atoms with van der Waals surface area (Å²) in [5.74, 6) is -3.11. The van der Waals surface area contributed by atoms with E-state index >= 15 is 0 Å². The average molecular weight is 318 g/mol. The molecule has 0 atom stereocenters. The first kappa shape index (κ1) is 15.8. The van der Waals surface area contributed by atoms with Gasteiger partial charge in [-0.1, -0.05) is 12.1 Å². The Bertz CT molecular complexity index is 682. The standard InChI is InChI=1S/C13H10F4N2O3/c1-2-21-11(20)9-10(13(15,16)17)19-12(22-9)18-8-6-4-3-5-7(8)14/h3-6H,2H2,1H3,(H,18,19). The highest BCUT2D eigenvalue weighted by molar-refractivity contribution is 5.88. The van der Waals surface area contributed by atoms with Crippen LogP contribution in [-0.2, 0) is 10.9 Å². The van der Waals surface area contributed by atoms with Crippen LogP contribution >= 0.6 is 0 Å². The summed E-state index contributed by atoms with van der Waals surface area (Å²) in [7, 11) is 0. The molecule has 2 aromatic rings. The largest absolute Gasteiger partial charge is 0.460 e. The molecule has 0 aliphatic rings. The van der Waals surface area contributed by atoms with Crippen molar-refractivity contribution >= 4 is 17.7 Å². The number of hydrogen-bond acceptors (Lipinski definition) is 5. The Labute approximate surface area is 121 Å². The molecular formula is C13H10F4N2O3. The van der Waals surface area contributed by atoms with Crippen LogP contribution in [0.4, 0.5) is 29.3 Å². The van der Waals surface area contributed by atoms with Gasteiger partial charge in [0.2, 0.25) is 5.76 Å². The SMILES string of the molecule is CCOC(=O)c1oc(Nc2ccccc2F)nc1C(F)(F)F. The number of rotatable bonds is 4. The molecule has 1 heterocycles. The van der Waals surface area contributed by atoms with Gasteiger partial charge in [-0.15, -0.1) is 0 Å². The van der Waals surface area contributed by atoms with Crippen molar-refractivity contribution in [2.75, 3.05) is 11.9 Å². The third-order valence-electron chi connectivity index (χ3n) is 2.47. The number of esters is 1. The number of alkyl halides is 3. The van der Waals surface area contributed by atoms with Crippen molar-refractivity contribution in [1.29, 1.82) is 0 Å². The Morgan fingerprint density at radius 1 is 1.36 bits per heavy atom. The predicted molar refractivity (Wildman–Crippen MR) is 67.1 cm³/mol. The summed E-state index contributed by atoms with van der Waals surface area (Å²) < 4.78 is 61.2. The molecule has 0 spiro atoms. The zero-order valence-electron chi connectivity index (χ0n) is 11.2. The zero-order chi connectivity index (χ0) is 16.3. The van der Waals surface area contributed by atoms with Gasteiger partial charge in [-0.25, -0.2) is 9.18 Å². The van der Waals surface area contributed by atoms with Crippen molar-refractivity contribution in [2.45, 2.75) is 13.1 Å². The molecule has 0 aliphatic carbocycles. The van der Waals surface area contributed by atoms with E-state index in [-0.39, 0.29) is 12.3 Å². The van der Waals surface area contributed by atoms with Gasteiger partial charge in [0.25, 0.3) is 0 Å². The molecule has 0 radical (unpaired) electrons. The lowest BCUT2D eigenvalue weighted by Gasteiger charge is -2.03. The summed E-state index contributed by atoms with van der Waals surface area (Å²) in [6.07, 6.45) is -4.92. The average Bonchev–Trinajstić information content (AvgIpc) is 2.86. The maximum atomic E-state index is 13.5. The maximum Gasteiger partial charge on any atom is 0.437 e. The molecule has 0 saturated heterocycles. The molecule has 9 heteroatoms. The van der Waals surface area contributed by atoms with E-state index in [9.17, 15) is 22.4 Å². The number of para-hydroxylation sites is 1. The summed E-state index contributed by atoms with van der Waals surface area (Å²) in [6, 6.07) is 4.58. The second-order valence-corrected chi connectivity index (χ2v) is 4.02. The van der Waals surface area contributed by atoms with Crippen molar-refractivity contribution in [3.63, 3.8) is 0 Å². The quantitative estimate of drug-likeness (QED) is 0.687. The minimum atomic E-state index is -4.92. The molecule has 0 saturated carbocycles. The fourth-order valence-corrected chi connectivity index (χ4v) is 1.58. The Morgan fingerprint density at radius 2 is 2.05 bits per heavy atom. The molecule has 1 aromatic heterocycles. The summed E-state index contributed by atoms with van der Waals surface area (Å²) in [4.78, 5) is 14.6. The molecule has 118 valence electrons. The Morgan fingerprint density at radius 3 is 2.64 bits per heavy atom. The summed E-state index contributed by atoms with van der Waals surface area (Å²) in [6.45, 7) is 1.30. The van der Waals surface area contributed by atoms with Gasteiger partial charge in [-0.05, 0) is 19.1 Å². The van der Waals surface area contributed by atoms with Crippen molar-refractivity contribution < 1.29 is 31.5 Å². The summed E-state index contributed by atoms with van der Waals surface area (Å²) in [5.41, 5.74) is -1.68. The number of aromatic nitrogens is 1. The van der Waals surface area contributed by atoms with Crippen LogP contribution in [0, 0.1) is 5.82 Å². The molecule has 5 nitrogen and oxygen atoms in total. The van der Waals surface area contributed by atoms with Gasteiger partial charge >= 0.3 is 18.2 Å². The highest BCUT2D eigenvalue weighted by Gasteiger charge is 2.41. The van der Waals surface area contributed by atoms with E-state index in [1.54, 1.807) is 0 Å². The van der Waals surface area contributed by atoms with Crippen molar-refractivity contribution in [3.05, 3.63) is 41.5 Å². The molecule has 2 rings (SSSR count). The molecule has 0 unspecified atom stereocenters. The van der Waals surface area contributed by atoms with Gasteiger partial charge in [-0.3, -0.25) is 0 Å². The normalized spacial score (nSPS) is 11.3. The zero-order valence-corrected chi connectivity index (χ0v) is 11.2. The van der Waals surface area contributed by atoms with E-state index in [1.807, 2.05) is 0 Å². The van der Waals surface area contributed by atoms with Crippen molar-refractivity contribution in [1.82, 2.24) is 4.98 Å². The first-order chi connectivity index (χ1) is 10.3. The van der Waals surface area contributed by atoms with E-state index in [4.69, 9.17) is 4.42 Å². The van der Waals surface area contributed by atoms with Crippen LogP contribution < -0.4 is 5.32 Å². The number of halogens is 4. The van der Waals surface area contributed by atoms with E-state index in [2.05, 4.69) is 15.0 Å². The Kier molecular flexibility index (Phi) is 4.34. The fourth-order valence-electron chi connectivity index (χ4n) is 1.58. The third kappa shape index (κ3) is 3.35. The van der Waals surface area contributed by atoms with Gasteiger partial charge in [0, 0.05) is 0 Å². The highest BCUT2D eigenvalue weighted by Crippen LogP contribution is 2.34. The van der Waals surface area contributed by atoms with Gasteiger partial charge in [-0.2, -0.15) is 18.2 Å². The molecule has 22 heavy (non-hydrogen) atoms. The fraction of sp³-hybridized carbons (Fsp3) is 0.231. The first-order valence-corrected chi connectivity index (χ1v) is 6.09. The van der Waals surface area contributed by atoms with Crippen LogP contribution in [0.1, 0.15) is 23.2 Å². The number of oxazole rings is 1. The lowest BCUT2D eigenvalue weighted by atomic mass is 10.3. The second kappa shape index (κ2) is 6.04. The molecule has 0 fully saturated rings. The molecule has 1 aromatic carbocycles. The lowest BCUT2D eigenvalue weighted by Crippen LogP contribution is -2.14. The molecule has 0 amide bonds. The number of nitrogens with zero attached hydrogens (tertiary/aromatic N) is 1. The lowest BCUT2D eigenvalue weighted by molar-refractivity contribution is -0.141. The Hall–Kier alpha value is -2.58. The van der Waals surface area contributed by atoms with Gasteiger partial charge < -0.3 is 14.5 Å². The number of benzene rings is 1. The highest BCUT2D eigenvalue weighted by atomic mass is 19.4. The Balaban J connectivity index is 2.38.